The minimum absolute atomic E-state index is 0.935. The summed E-state index contributed by atoms with van der Waals surface area (Å²) in [7, 11) is 0. The lowest BCUT2D eigenvalue weighted by Gasteiger charge is -2.03. The first kappa shape index (κ1) is 6.01. The first-order chi connectivity index (χ1) is 4.95. The molecule has 1 aliphatic heterocycles. The van der Waals surface area contributed by atoms with Gasteiger partial charge in [0.1, 0.15) is 0 Å². The van der Waals surface area contributed by atoms with Crippen molar-refractivity contribution >= 4 is 5.96 Å². The molecule has 0 radical (unpaired) electrons. The molecule has 0 aromatic rings. The number of nitrogens with one attached hydrogen (secondary N) is 2. The molecule has 0 atom stereocenters. The molecule has 0 spiro atoms. The van der Waals surface area contributed by atoms with Gasteiger partial charge in [-0.05, 0) is 18.8 Å². The van der Waals surface area contributed by atoms with Gasteiger partial charge in [0.25, 0.3) is 0 Å². The van der Waals surface area contributed by atoms with Crippen molar-refractivity contribution in [3.05, 3.63) is 0 Å². The minimum atomic E-state index is 0.935. The highest BCUT2D eigenvalue weighted by Gasteiger charge is 2.21. The first-order valence-electron chi connectivity index (χ1n) is 3.97. The minimum Gasteiger partial charge on any atom is -0.356 e. The summed E-state index contributed by atoms with van der Waals surface area (Å²) in [5.41, 5.74) is 0. The van der Waals surface area contributed by atoms with Crippen LogP contribution in [0.15, 0.2) is 4.99 Å². The summed E-state index contributed by atoms with van der Waals surface area (Å²) in [6, 6.07) is 0. The van der Waals surface area contributed by atoms with Gasteiger partial charge in [0.15, 0.2) is 5.96 Å². The van der Waals surface area contributed by atoms with Gasteiger partial charge >= 0.3 is 0 Å². The van der Waals surface area contributed by atoms with Crippen molar-refractivity contribution in [2.45, 2.75) is 12.8 Å². The maximum absolute atomic E-state index is 4.23. The molecule has 2 rings (SSSR count). The van der Waals surface area contributed by atoms with Crippen LogP contribution in [0.25, 0.3) is 0 Å². The van der Waals surface area contributed by atoms with Crippen molar-refractivity contribution in [1.82, 2.24) is 10.6 Å². The Bertz CT molecular complexity index is 149. The van der Waals surface area contributed by atoms with Crippen LogP contribution >= 0.6 is 0 Å². The highest BCUT2D eigenvalue weighted by Crippen LogP contribution is 2.27. The van der Waals surface area contributed by atoms with E-state index in [1.54, 1.807) is 0 Å². The highest BCUT2D eigenvalue weighted by atomic mass is 15.2. The number of hydrogen-bond acceptors (Lipinski definition) is 3. The van der Waals surface area contributed by atoms with Crippen molar-refractivity contribution in [2.75, 3.05) is 19.6 Å². The highest BCUT2D eigenvalue weighted by molar-refractivity contribution is 5.81. The Morgan fingerprint density at radius 3 is 3.10 bits per heavy atom. The van der Waals surface area contributed by atoms with Gasteiger partial charge in [0.05, 0.1) is 6.54 Å². The Balaban J connectivity index is 1.68. The Morgan fingerprint density at radius 2 is 2.50 bits per heavy atom. The summed E-state index contributed by atoms with van der Waals surface area (Å²) in [6.07, 6.45) is 2.81. The fraction of sp³-hybridized carbons (Fsp3) is 0.857. The normalized spacial score (nSPS) is 23.8. The largest absolute Gasteiger partial charge is 0.356 e. The van der Waals surface area contributed by atoms with E-state index in [1.165, 1.54) is 12.8 Å². The molecule has 0 unspecified atom stereocenters. The van der Waals surface area contributed by atoms with Gasteiger partial charge in [0.2, 0.25) is 0 Å². The Morgan fingerprint density at radius 1 is 1.60 bits per heavy atom. The molecule has 1 aliphatic carbocycles. The van der Waals surface area contributed by atoms with Gasteiger partial charge in [-0.2, -0.15) is 0 Å². The van der Waals surface area contributed by atoms with E-state index in [0.717, 1.165) is 31.5 Å². The molecule has 56 valence electrons. The summed E-state index contributed by atoms with van der Waals surface area (Å²) in [6.45, 7) is 3.06. The summed E-state index contributed by atoms with van der Waals surface area (Å²) in [5, 5.41) is 6.46. The van der Waals surface area contributed by atoms with E-state index in [4.69, 9.17) is 0 Å². The predicted molar refractivity (Wildman–Crippen MR) is 41.0 cm³/mol. The number of rotatable bonds is 2. The second kappa shape index (κ2) is 2.48. The molecule has 0 bridgehead atoms. The lowest BCUT2D eigenvalue weighted by Crippen LogP contribution is -2.34. The van der Waals surface area contributed by atoms with Gasteiger partial charge in [-0.15, -0.1) is 0 Å². The van der Waals surface area contributed by atoms with Gasteiger partial charge in [-0.3, -0.25) is 4.99 Å². The monoisotopic (exact) mass is 139 g/mol. The average molecular weight is 139 g/mol. The van der Waals surface area contributed by atoms with E-state index in [1.807, 2.05) is 0 Å². The molecule has 1 fully saturated rings. The van der Waals surface area contributed by atoms with Crippen LogP contribution in [-0.2, 0) is 0 Å². The number of aliphatic imine (C=N–C) groups is 1. The van der Waals surface area contributed by atoms with E-state index < -0.39 is 0 Å². The second-order valence-electron chi connectivity index (χ2n) is 2.98. The summed E-state index contributed by atoms with van der Waals surface area (Å²) in [4.78, 5) is 4.23. The van der Waals surface area contributed by atoms with Crippen LogP contribution in [0, 0.1) is 5.92 Å². The van der Waals surface area contributed by atoms with Crippen LogP contribution in [-0.4, -0.2) is 25.6 Å². The zero-order chi connectivity index (χ0) is 6.81. The third-order valence-corrected chi connectivity index (χ3v) is 1.93. The Labute approximate surface area is 60.9 Å². The second-order valence-corrected chi connectivity index (χ2v) is 2.98. The van der Waals surface area contributed by atoms with Gasteiger partial charge in [-0.25, -0.2) is 0 Å². The van der Waals surface area contributed by atoms with E-state index in [9.17, 15) is 0 Å². The smallest absolute Gasteiger partial charge is 0.191 e. The molecule has 10 heavy (non-hydrogen) atoms. The SMILES string of the molecule is C1CNC(NCC2CC2)=N1. The molecule has 2 N–H and O–H groups in total. The maximum Gasteiger partial charge on any atom is 0.191 e. The molecule has 0 aromatic heterocycles. The van der Waals surface area contributed by atoms with Crippen molar-refractivity contribution in [2.24, 2.45) is 10.9 Å². The third-order valence-electron chi connectivity index (χ3n) is 1.93. The van der Waals surface area contributed by atoms with E-state index >= 15 is 0 Å². The van der Waals surface area contributed by atoms with E-state index in [-0.39, 0.29) is 0 Å². The van der Waals surface area contributed by atoms with E-state index in [0.29, 0.717) is 0 Å². The van der Waals surface area contributed by atoms with Crippen LogP contribution in [0.4, 0.5) is 0 Å². The van der Waals surface area contributed by atoms with Crippen molar-refractivity contribution in [3.63, 3.8) is 0 Å². The quantitative estimate of drug-likeness (QED) is 0.562. The molecule has 0 amide bonds. The van der Waals surface area contributed by atoms with Crippen LogP contribution in [0.3, 0.4) is 0 Å². The number of nitrogens with zero attached hydrogens (tertiary/aromatic N) is 1. The van der Waals surface area contributed by atoms with E-state index in [2.05, 4.69) is 15.6 Å². The summed E-state index contributed by atoms with van der Waals surface area (Å²) < 4.78 is 0. The molecular weight excluding hydrogens is 126 g/mol. The molecule has 0 saturated heterocycles. The van der Waals surface area contributed by atoms with Crippen LogP contribution in [0.5, 0.6) is 0 Å². The van der Waals surface area contributed by atoms with Crippen LogP contribution in [0.2, 0.25) is 0 Å². The van der Waals surface area contributed by atoms with Crippen molar-refractivity contribution in [1.29, 1.82) is 0 Å². The molecule has 3 nitrogen and oxygen atoms in total. The molecule has 0 aromatic carbocycles. The molecular formula is C7H13N3. The summed E-state index contributed by atoms with van der Waals surface area (Å²) in [5.74, 6) is 1.94. The average Bonchev–Trinajstić information content (AvgIpc) is 2.63. The molecule has 3 heteroatoms. The van der Waals surface area contributed by atoms with Crippen molar-refractivity contribution < 1.29 is 0 Å². The topological polar surface area (TPSA) is 36.4 Å². The lowest BCUT2D eigenvalue weighted by atomic mass is 10.4. The number of hydrogen-bond donors (Lipinski definition) is 2. The Kier molecular flexibility index (Phi) is 1.49. The molecule has 1 heterocycles. The fourth-order valence-corrected chi connectivity index (χ4v) is 1.08. The zero-order valence-electron chi connectivity index (χ0n) is 6.06. The van der Waals surface area contributed by atoms with Gasteiger partial charge in [0, 0.05) is 13.1 Å². The Hall–Kier alpha value is -0.730. The fourth-order valence-electron chi connectivity index (χ4n) is 1.08. The van der Waals surface area contributed by atoms with Crippen LogP contribution < -0.4 is 10.6 Å². The summed E-state index contributed by atoms with van der Waals surface area (Å²) >= 11 is 0. The number of guanidine groups is 1. The third kappa shape index (κ3) is 1.40. The van der Waals surface area contributed by atoms with Crippen molar-refractivity contribution in [3.8, 4) is 0 Å². The van der Waals surface area contributed by atoms with Gasteiger partial charge < -0.3 is 10.6 Å². The molecule has 2 aliphatic rings. The standard InChI is InChI=1S/C7H13N3/c1-2-6(1)5-10-7-8-3-4-9-7/h6H,1-5H2,(H2,8,9,10). The lowest BCUT2D eigenvalue weighted by molar-refractivity contribution is 0.758. The first-order valence-corrected chi connectivity index (χ1v) is 3.97. The zero-order valence-corrected chi connectivity index (χ0v) is 6.06. The van der Waals surface area contributed by atoms with Crippen LogP contribution in [0.1, 0.15) is 12.8 Å². The molecule has 1 saturated carbocycles. The maximum atomic E-state index is 4.23. The van der Waals surface area contributed by atoms with Gasteiger partial charge in [-0.1, -0.05) is 0 Å². The predicted octanol–water partition coefficient (Wildman–Crippen LogP) is -0.0548.